The molecule has 2 N–H and O–H groups in total. The van der Waals surface area contributed by atoms with Gasteiger partial charge >= 0.3 is 12.1 Å². The Bertz CT molecular complexity index is 1760. The number of carbonyl (C=O) groups excluding carboxylic acids is 6. The van der Waals surface area contributed by atoms with Crippen LogP contribution in [0.15, 0.2) is 35.9 Å². The number of benzene rings is 1. The van der Waals surface area contributed by atoms with Gasteiger partial charge in [0.2, 0.25) is 11.3 Å². The van der Waals surface area contributed by atoms with E-state index in [0.717, 1.165) is 29.2 Å². The van der Waals surface area contributed by atoms with Gasteiger partial charge in [-0.05, 0) is 58.7 Å². The summed E-state index contributed by atoms with van der Waals surface area (Å²) in [5.41, 5.74) is -4.85. The predicted octanol–water partition coefficient (Wildman–Crippen LogP) is 3.31. The molecule has 0 spiro atoms. The second kappa shape index (κ2) is 15.8. The molecular formula is C38H50ClN3O12. The third kappa shape index (κ3) is 7.63. The first-order chi connectivity index (χ1) is 25.1. The Morgan fingerprint density at radius 2 is 1.76 bits per heavy atom. The molecule has 0 aliphatic carbocycles. The van der Waals surface area contributed by atoms with Gasteiger partial charge in [0.25, 0.3) is 5.91 Å². The zero-order chi connectivity index (χ0) is 40.7. The Hall–Kier alpha value is -4.31. The van der Waals surface area contributed by atoms with Gasteiger partial charge in [0, 0.05) is 40.5 Å². The average Bonchev–Trinajstić information content (AvgIpc) is 3.79. The molecule has 54 heavy (non-hydrogen) atoms. The number of Topliss-reactive ketones (excluding diaryl/α,β-unsaturated/α-hetero) is 2. The molecule has 1 unspecified atom stereocenters. The van der Waals surface area contributed by atoms with E-state index in [2.05, 4.69) is 5.32 Å². The van der Waals surface area contributed by atoms with E-state index in [0.29, 0.717) is 12.0 Å². The summed E-state index contributed by atoms with van der Waals surface area (Å²) in [6, 6.07) is 2.08. The summed E-state index contributed by atoms with van der Waals surface area (Å²) < 4.78 is 29.1. The second-order valence-electron chi connectivity index (χ2n) is 14.5. The maximum atomic E-state index is 15.1. The zero-order valence-corrected chi connectivity index (χ0v) is 33.2. The van der Waals surface area contributed by atoms with Crippen LogP contribution in [0.4, 0.5) is 10.5 Å². The Kier molecular flexibility index (Phi) is 12.4. The van der Waals surface area contributed by atoms with Crippen LogP contribution in [-0.4, -0.2) is 116 Å². The average molecular weight is 776 g/mol. The maximum absolute atomic E-state index is 15.1. The standard InChI is InChI=1S/C38H50ClN3O12/c1-19-13-12-14-29(51-11)37(49)18-28(52-35(48)40-37)20(2)31-36(7,54-31)33(53-32(46)21(3)41(8)24(6)45)38(22(4)43,23(5)44)34(47)42(9)26-16-25(15-19)17-27(50-10)30(26)39/h12-14,16-17,20-21,28-29,31,33,49H,15,18H2,1-11H3,(H,40,48)/b14-12+,19-13+/t20-,21+,28+,29?,31+,33-,36-,37+/m1/s1. The van der Waals surface area contributed by atoms with E-state index in [1.165, 1.54) is 49.1 Å². The van der Waals surface area contributed by atoms with Crippen molar-refractivity contribution in [3.05, 3.63) is 46.5 Å². The molecule has 4 rings (SSSR count). The molecule has 2 fully saturated rings. The van der Waals surface area contributed by atoms with Crippen molar-refractivity contribution in [2.45, 2.75) is 103 Å². The van der Waals surface area contributed by atoms with Crippen LogP contribution in [0.2, 0.25) is 5.02 Å². The summed E-state index contributed by atoms with van der Waals surface area (Å²) in [6.45, 7) is 9.70. The number of hydrogen-bond donors (Lipinski definition) is 2. The van der Waals surface area contributed by atoms with Crippen LogP contribution in [-0.2, 0) is 49.3 Å². The number of nitrogens with zero attached hydrogens (tertiary/aromatic N) is 2. The van der Waals surface area contributed by atoms with Crippen LogP contribution >= 0.6 is 11.6 Å². The number of hydrogen-bond acceptors (Lipinski definition) is 12. The Morgan fingerprint density at radius 1 is 1.13 bits per heavy atom. The molecule has 3 aliphatic rings. The van der Waals surface area contributed by atoms with Crippen molar-refractivity contribution in [2.24, 2.45) is 11.3 Å². The number of carbonyl (C=O) groups is 6. The van der Waals surface area contributed by atoms with Crippen molar-refractivity contribution in [1.82, 2.24) is 10.2 Å². The predicted molar refractivity (Wildman–Crippen MR) is 196 cm³/mol. The Morgan fingerprint density at radius 3 is 2.31 bits per heavy atom. The molecule has 2 saturated heterocycles. The highest BCUT2D eigenvalue weighted by molar-refractivity contribution is 6.36. The summed E-state index contributed by atoms with van der Waals surface area (Å²) in [5, 5.41) is 14.3. The SMILES string of the molecule is COc1cc2cc(c1Cl)N(C)C(=O)C(C(C)=O)(C(C)=O)[C@H](OC(=O)[C@H](C)N(C)C(C)=O)[C@]1(C)O[C@H]1[C@H](C)[C@@H]1C[C@@](O)(NC(=O)O1)C(OC)/C=C/C=C(\C)C2. The van der Waals surface area contributed by atoms with Gasteiger partial charge in [0.15, 0.2) is 23.4 Å². The number of epoxide rings is 1. The molecule has 3 aliphatic heterocycles. The number of fused-ring (bicyclic) bond motifs is 5. The molecule has 0 saturated carbocycles. The minimum Gasteiger partial charge on any atom is -0.495 e. The highest BCUT2D eigenvalue weighted by Gasteiger charge is 2.73. The number of allylic oxidation sites excluding steroid dienone is 3. The minimum atomic E-state index is -2.72. The lowest BCUT2D eigenvalue weighted by Crippen LogP contribution is -2.65. The summed E-state index contributed by atoms with van der Waals surface area (Å²) in [4.78, 5) is 84.5. The van der Waals surface area contributed by atoms with Crippen LogP contribution in [0.3, 0.4) is 0 Å². The van der Waals surface area contributed by atoms with Crippen LogP contribution in [0.25, 0.3) is 0 Å². The first-order valence-electron chi connectivity index (χ1n) is 17.5. The fraction of sp³-hybridized carbons (Fsp3) is 0.579. The lowest BCUT2D eigenvalue weighted by Gasteiger charge is -2.42. The van der Waals surface area contributed by atoms with Gasteiger partial charge < -0.3 is 38.6 Å². The van der Waals surface area contributed by atoms with Gasteiger partial charge in [-0.3, -0.25) is 24.5 Å². The second-order valence-corrected chi connectivity index (χ2v) is 14.9. The third-order valence-electron chi connectivity index (χ3n) is 10.9. The van der Waals surface area contributed by atoms with E-state index in [-0.39, 0.29) is 22.9 Å². The van der Waals surface area contributed by atoms with Gasteiger partial charge in [-0.15, -0.1) is 0 Å². The molecule has 296 valence electrons. The molecule has 3 heterocycles. The number of likely N-dealkylation sites (N-methyl/N-ethyl adjacent to an activating group) is 1. The number of anilines is 1. The van der Waals surface area contributed by atoms with Crippen LogP contribution in [0.1, 0.15) is 60.5 Å². The highest BCUT2D eigenvalue weighted by Crippen LogP contribution is 2.54. The summed E-state index contributed by atoms with van der Waals surface area (Å²) in [7, 11) is 5.48. The van der Waals surface area contributed by atoms with Crippen molar-refractivity contribution >= 4 is 52.7 Å². The lowest BCUT2D eigenvalue weighted by atomic mass is 9.67. The lowest BCUT2D eigenvalue weighted by molar-refractivity contribution is -0.176. The van der Waals surface area contributed by atoms with Gasteiger partial charge in [-0.2, -0.15) is 0 Å². The van der Waals surface area contributed by atoms with Gasteiger partial charge in [-0.25, -0.2) is 9.59 Å². The molecule has 0 aromatic heterocycles. The number of ether oxygens (including phenoxy) is 5. The smallest absolute Gasteiger partial charge is 0.409 e. The van der Waals surface area contributed by atoms with E-state index < -0.39 is 88.6 Å². The highest BCUT2D eigenvalue weighted by atomic mass is 35.5. The molecule has 15 nitrogen and oxygen atoms in total. The van der Waals surface area contributed by atoms with Crippen LogP contribution in [0, 0.1) is 11.3 Å². The molecule has 16 heteroatoms. The largest absolute Gasteiger partial charge is 0.495 e. The van der Waals surface area contributed by atoms with Crippen LogP contribution < -0.4 is 15.0 Å². The Labute approximate surface area is 319 Å². The first-order valence-corrected chi connectivity index (χ1v) is 17.8. The van der Waals surface area contributed by atoms with Gasteiger partial charge in [0.05, 0.1) is 18.9 Å². The quantitative estimate of drug-likeness (QED) is 0.234. The summed E-state index contributed by atoms with van der Waals surface area (Å²) >= 11 is 6.79. The van der Waals surface area contributed by atoms with E-state index in [1.54, 1.807) is 37.3 Å². The van der Waals surface area contributed by atoms with Crippen molar-refractivity contribution in [3.8, 4) is 5.75 Å². The van der Waals surface area contributed by atoms with Crippen molar-refractivity contribution in [3.63, 3.8) is 0 Å². The number of halogens is 1. The van der Waals surface area contributed by atoms with Gasteiger partial charge in [-0.1, -0.05) is 42.3 Å². The molecule has 3 amide bonds. The normalized spacial score (nSPS) is 31.7. The topological polar surface area (TPSA) is 191 Å². The van der Waals surface area contributed by atoms with Gasteiger partial charge in [0.1, 0.15) is 34.6 Å². The number of amides is 3. The Balaban J connectivity index is 2.02. The molecule has 1 aromatic carbocycles. The van der Waals surface area contributed by atoms with E-state index in [4.69, 9.17) is 35.3 Å². The fourth-order valence-electron chi connectivity index (χ4n) is 7.45. The van der Waals surface area contributed by atoms with E-state index in [9.17, 15) is 29.1 Å². The van der Waals surface area contributed by atoms with Crippen LogP contribution in [0.5, 0.6) is 5.75 Å². The van der Waals surface area contributed by atoms with E-state index in [1.807, 2.05) is 6.92 Å². The third-order valence-corrected chi connectivity index (χ3v) is 11.3. The van der Waals surface area contributed by atoms with E-state index >= 15 is 4.79 Å². The number of nitrogens with one attached hydrogen (secondary N) is 1. The number of ketones is 2. The van der Waals surface area contributed by atoms with Crippen molar-refractivity contribution in [2.75, 3.05) is 33.2 Å². The minimum absolute atomic E-state index is 0.00827. The zero-order valence-electron chi connectivity index (χ0n) is 32.5. The van der Waals surface area contributed by atoms with Crippen molar-refractivity contribution < 1.29 is 57.6 Å². The number of methoxy groups -OCH3 is 2. The number of aliphatic hydroxyl groups is 1. The number of rotatable bonds is 7. The summed E-state index contributed by atoms with van der Waals surface area (Å²) in [5.74, 6) is -5.06. The summed E-state index contributed by atoms with van der Waals surface area (Å²) in [6.07, 6.45) is -0.764. The molecule has 8 atom stereocenters. The molecule has 4 bridgehead atoms. The monoisotopic (exact) mass is 775 g/mol. The molecule has 0 radical (unpaired) electrons. The molecule has 1 aromatic rings. The first kappa shape index (κ1) is 42.4. The number of alkyl carbamates (subject to hydrolysis) is 1. The molecular weight excluding hydrogens is 726 g/mol. The number of esters is 1. The maximum Gasteiger partial charge on any atom is 0.409 e. The van der Waals surface area contributed by atoms with Crippen molar-refractivity contribution in [1.29, 1.82) is 0 Å². The fourth-order valence-corrected chi connectivity index (χ4v) is 7.76.